The van der Waals surface area contributed by atoms with E-state index in [1.807, 2.05) is 25.2 Å². The van der Waals surface area contributed by atoms with Gasteiger partial charge in [0, 0.05) is 42.8 Å². The summed E-state index contributed by atoms with van der Waals surface area (Å²) in [5.41, 5.74) is 4.78. The Kier molecular flexibility index (Phi) is 8.09. The summed E-state index contributed by atoms with van der Waals surface area (Å²) in [6.07, 6.45) is 1.10. The van der Waals surface area contributed by atoms with Gasteiger partial charge in [-0.05, 0) is 25.5 Å². The lowest BCUT2D eigenvalue weighted by Gasteiger charge is -2.20. The van der Waals surface area contributed by atoms with E-state index in [0.29, 0.717) is 12.6 Å². The van der Waals surface area contributed by atoms with Gasteiger partial charge in [-0.1, -0.05) is 48.0 Å². The number of hydrogen-bond acceptors (Lipinski definition) is 4. The summed E-state index contributed by atoms with van der Waals surface area (Å²) in [6.45, 7) is 4.83. The lowest BCUT2D eigenvalue weighted by molar-refractivity contribution is 0.647. The largest absolute Gasteiger partial charge is 0.369 e. The molecule has 0 radical (unpaired) electrons. The lowest BCUT2D eigenvalue weighted by Crippen LogP contribution is -2.44. The molecule has 1 unspecified atom stereocenters. The zero-order chi connectivity index (χ0) is 20.1. The molecule has 0 spiro atoms. The molecule has 1 aliphatic heterocycles. The number of aliphatic imine (C=N–C) groups is 1. The fourth-order valence-corrected chi connectivity index (χ4v) is 4.36. The molecule has 158 valence electrons. The molecular weight excluding hydrogens is 505 g/mol. The highest BCUT2D eigenvalue weighted by Gasteiger charge is 2.23. The van der Waals surface area contributed by atoms with Gasteiger partial charge < -0.3 is 15.5 Å². The Bertz CT molecular complexity index is 955. The molecule has 30 heavy (non-hydrogen) atoms. The topological polar surface area (TPSA) is 52.6 Å². The van der Waals surface area contributed by atoms with Gasteiger partial charge in [-0.2, -0.15) is 0 Å². The van der Waals surface area contributed by atoms with Crippen LogP contribution < -0.4 is 15.5 Å². The molecule has 2 N–H and O–H groups in total. The molecule has 1 aromatic heterocycles. The Morgan fingerprint density at radius 3 is 2.67 bits per heavy atom. The van der Waals surface area contributed by atoms with Crippen LogP contribution in [0.5, 0.6) is 0 Å². The molecular formula is C23H28IN5S. The molecule has 4 rings (SSSR count). The van der Waals surface area contributed by atoms with E-state index in [0.717, 1.165) is 41.7 Å². The Morgan fingerprint density at radius 2 is 1.93 bits per heavy atom. The number of nitrogens with zero attached hydrogens (tertiary/aromatic N) is 3. The van der Waals surface area contributed by atoms with E-state index < -0.39 is 0 Å². The quantitative estimate of drug-likeness (QED) is 0.284. The van der Waals surface area contributed by atoms with Crippen LogP contribution in [-0.4, -0.2) is 37.1 Å². The number of aromatic nitrogens is 1. The standard InChI is InChI=1S/C23H27N5S.HI/c1-17-8-10-21(11-9-17)28-13-12-19(15-28)27-23(24-2)25-14-20-16-29-22(26-20)18-6-4-3-5-7-18;/h3-11,16,19H,12-15H2,1-2H3,(H2,24,25,27);1H. The highest BCUT2D eigenvalue weighted by molar-refractivity contribution is 14.0. The van der Waals surface area contributed by atoms with E-state index in [-0.39, 0.29) is 24.0 Å². The maximum absolute atomic E-state index is 4.74. The van der Waals surface area contributed by atoms with Crippen LogP contribution in [0.1, 0.15) is 17.7 Å². The summed E-state index contributed by atoms with van der Waals surface area (Å²) < 4.78 is 0. The van der Waals surface area contributed by atoms with Gasteiger partial charge in [0.05, 0.1) is 12.2 Å². The fourth-order valence-electron chi connectivity index (χ4n) is 3.53. The second-order valence-corrected chi connectivity index (χ2v) is 8.21. The zero-order valence-corrected chi connectivity index (χ0v) is 20.5. The molecule has 1 saturated heterocycles. The van der Waals surface area contributed by atoms with Gasteiger partial charge in [0.1, 0.15) is 5.01 Å². The van der Waals surface area contributed by atoms with Crippen LogP contribution in [-0.2, 0) is 6.54 Å². The Morgan fingerprint density at radius 1 is 1.17 bits per heavy atom. The molecule has 7 heteroatoms. The van der Waals surface area contributed by atoms with Gasteiger partial charge in [-0.15, -0.1) is 35.3 Å². The third-order valence-electron chi connectivity index (χ3n) is 5.16. The smallest absolute Gasteiger partial charge is 0.191 e. The molecule has 5 nitrogen and oxygen atoms in total. The van der Waals surface area contributed by atoms with Gasteiger partial charge in [-0.3, -0.25) is 4.99 Å². The maximum Gasteiger partial charge on any atom is 0.191 e. The van der Waals surface area contributed by atoms with Crippen molar-refractivity contribution in [3.8, 4) is 10.6 Å². The molecule has 1 aliphatic rings. The summed E-state index contributed by atoms with van der Waals surface area (Å²) in [5, 5.41) is 10.1. The molecule has 0 bridgehead atoms. The first-order chi connectivity index (χ1) is 14.2. The van der Waals surface area contributed by atoms with Gasteiger partial charge >= 0.3 is 0 Å². The van der Waals surface area contributed by atoms with E-state index >= 15 is 0 Å². The minimum atomic E-state index is 0. The van der Waals surface area contributed by atoms with Crippen LogP contribution in [0.15, 0.2) is 65.0 Å². The number of thiazole rings is 1. The van der Waals surface area contributed by atoms with E-state index in [1.54, 1.807) is 11.3 Å². The average Bonchev–Trinajstić information content (AvgIpc) is 3.42. The van der Waals surface area contributed by atoms with Gasteiger partial charge in [0.15, 0.2) is 5.96 Å². The minimum absolute atomic E-state index is 0. The molecule has 2 aromatic carbocycles. The van der Waals surface area contributed by atoms with Gasteiger partial charge in [-0.25, -0.2) is 4.98 Å². The highest BCUT2D eigenvalue weighted by Crippen LogP contribution is 2.23. The van der Waals surface area contributed by atoms with Crippen molar-refractivity contribution in [2.45, 2.75) is 25.9 Å². The van der Waals surface area contributed by atoms with Crippen molar-refractivity contribution in [1.29, 1.82) is 0 Å². The van der Waals surface area contributed by atoms with Crippen molar-refractivity contribution in [1.82, 2.24) is 15.6 Å². The predicted octanol–water partition coefficient (Wildman–Crippen LogP) is 4.68. The van der Waals surface area contributed by atoms with Crippen LogP contribution in [0.2, 0.25) is 0 Å². The molecule has 0 amide bonds. The van der Waals surface area contributed by atoms with Crippen molar-refractivity contribution < 1.29 is 0 Å². The van der Waals surface area contributed by atoms with Gasteiger partial charge in [0.25, 0.3) is 0 Å². The van der Waals surface area contributed by atoms with Crippen molar-refractivity contribution in [3.63, 3.8) is 0 Å². The first kappa shape index (κ1) is 22.6. The third kappa shape index (κ3) is 5.72. The number of guanidine groups is 1. The summed E-state index contributed by atoms with van der Waals surface area (Å²) in [4.78, 5) is 11.6. The normalized spacial score (nSPS) is 16.3. The Labute approximate surface area is 199 Å². The number of rotatable bonds is 5. The third-order valence-corrected chi connectivity index (χ3v) is 6.10. The highest BCUT2D eigenvalue weighted by atomic mass is 127. The van der Waals surface area contributed by atoms with E-state index in [1.165, 1.54) is 11.3 Å². The maximum atomic E-state index is 4.74. The monoisotopic (exact) mass is 533 g/mol. The molecule has 2 heterocycles. The first-order valence-electron chi connectivity index (χ1n) is 10.00. The predicted molar refractivity (Wildman–Crippen MR) is 138 cm³/mol. The van der Waals surface area contributed by atoms with Crippen molar-refractivity contribution in [2.75, 3.05) is 25.0 Å². The zero-order valence-electron chi connectivity index (χ0n) is 17.3. The summed E-state index contributed by atoms with van der Waals surface area (Å²) in [6, 6.07) is 19.4. The van der Waals surface area contributed by atoms with Crippen LogP contribution in [0, 0.1) is 6.92 Å². The van der Waals surface area contributed by atoms with Crippen LogP contribution in [0.3, 0.4) is 0 Å². The summed E-state index contributed by atoms with van der Waals surface area (Å²) in [7, 11) is 1.82. The van der Waals surface area contributed by atoms with Crippen molar-refractivity contribution in [3.05, 3.63) is 71.2 Å². The molecule has 0 saturated carbocycles. The van der Waals surface area contributed by atoms with Crippen LogP contribution in [0.4, 0.5) is 5.69 Å². The number of nitrogens with one attached hydrogen (secondary N) is 2. The van der Waals surface area contributed by atoms with Crippen molar-refractivity contribution >= 4 is 47.0 Å². The minimum Gasteiger partial charge on any atom is -0.369 e. The van der Waals surface area contributed by atoms with E-state index in [9.17, 15) is 0 Å². The summed E-state index contributed by atoms with van der Waals surface area (Å²) >= 11 is 1.68. The van der Waals surface area contributed by atoms with E-state index in [2.05, 4.69) is 69.2 Å². The molecule has 0 aliphatic carbocycles. The Hall–Kier alpha value is -2.13. The number of halogens is 1. The summed E-state index contributed by atoms with van der Waals surface area (Å²) in [5.74, 6) is 0.829. The molecule has 3 aromatic rings. The van der Waals surface area contributed by atoms with Crippen LogP contribution >= 0.6 is 35.3 Å². The first-order valence-corrected chi connectivity index (χ1v) is 10.9. The molecule has 1 atom stereocenters. The van der Waals surface area contributed by atoms with Gasteiger partial charge in [0.2, 0.25) is 0 Å². The lowest BCUT2D eigenvalue weighted by atomic mass is 10.2. The fraction of sp³-hybridized carbons (Fsp3) is 0.304. The van der Waals surface area contributed by atoms with Crippen LogP contribution in [0.25, 0.3) is 10.6 Å². The number of hydrogen-bond donors (Lipinski definition) is 2. The van der Waals surface area contributed by atoms with E-state index in [4.69, 9.17) is 4.98 Å². The average molecular weight is 533 g/mol. The molecule has 1 fully saturated rings. The van der Waals surface area contributed by atoms with Crippen molar-refractivity contribution in [2.24, 2.45) is 4.99 Å². The number of aryl methyl sites for hydroxylation is 1. The Balaban J connectivity index is 0.00000256. The SMILES string of the molecule is CN=C(NCc1csc(-c2ccccc2)n1)NC1CCN(c2ccc(C)cc2)C1.I. The number of anilines is 1. The second kappa shape index (κ2) is 10.8. The second-order valence-electron chi connectivity index (χ2n) is 7.35. The number of benzene rings is 2.